The summed E-state index contributed by atoms with van der Waals surface area (Å²) in [7, 11) is 0. The molecule has 2 nitrogen and oxygen atoms in total. The molecule has 1 fully saturated rings. The van der Waals surface area contributed by atoms with E-state index in [0.29, 0.717) is 6.54 Å². The predicted octanol–water partition coefficient (Wildman–Crippen LogP) is 1.87. The van der Waals surface area contributed by atoms with E-state index < -0.39 is 0 Å². The zero-order valence-corrected chi connectivity index (χ0v) is 10.0. The van der Waals surface area contributed by atoms with Gasteiger partial charge in [-0.25, -0.2) is 4.39 Å². The summed E-state index contributed by atoms with van der Waals surface area (Å²) in [5.74, 6) is 2.14. The van der Waals surface area contributed by atoms with Crippen molar-refractivity contribution in [3.05, 3.63) is 35.6 Å². The quantitative estimate of drug-likeness (QED) is 0.874. The topological polar surface area (TPSA) is 29.3 Å². The Bertz CT molecular complexity index is 322. The molecule has 2 rings (SSSR count). The molecule has 0 spiro atoms. The summed E-state index contributed by atoms with van der Waals surface area (Å²) in [4.78, 5) is 2.39. The van der Waals surface area contributed by atoms with Gasteiger partial charge in [0, 0.05) is 37.2 Å². The molecule has 1 unspecified atom stereocenters. The maximum absolute atomic E-state index is 12.8. The van der Waals surface area contributed by atoms with Crippen molar-refractivity contribution < 1.29 is 4.39 Å². The minimum atomic E-state index is -0.186. The van der Waals surface area contributed by atoms with Gasteiger partial charge in [0.05, 0.1) is 0 Å². The minimum absolute atomic E-state index is 0.186. The Morgan fingerprint density at radius 1 is 1.25 bits per heavy atom. The maximum atomic E-state index is 12.8. The number of halogens is 1. The summed E-state index contributed by atoms with van der Waals surface area (Å²) in [5.41, 5.74) is 6.95. The van der Waals surface area contributed by atoms with Crippen LogP contribution in [0.3, 0.4) is 0 Å². The molecule has 16 heavy (non-hydrogen) atoms. The number of hydrogen-bond donors (Lipinski definition) is 1. The largest absolute Gasteiger partial charge is 0.329 e. The number of rotatable bonds is 3. The van der Waals surface area contributed by atoms with Gasteiger partial charge in [0.2, 0.25) is 0 Å². The SMILES string of the molecule is NCC(c1ccc(F)cc1)N1CCSCC1. The van der Waals surface area contributed by atoms with Crippen LogP contribution in [-0.4, -0.2) is 36.0 Å². The Morgan fingerprint density at radius 2 is 1.88 bits per heavy atom. The van der Waals surface area contributed by atoms with Crippen molar-refractivity contribution in [2.75, 3.05) is 31.1 Å². The zero-order valence-electron chi connectivity index (χ0n) is 9.23. The summed E-state index contributed by atoms with van der Waals surface area (Å²) in [6.07, 6.45) is 0. The smallest absolute Gasteiger partial charge is 0.123 e. The first kappa shape index (κ1) is 11.9. The third kappa shape index (κ3) is 2.75. The van der Waals surface area contributed by atoms with Crippen LogP contribution in [0.5, 0.6) is 0 Å². The van der Waals surface area contributed by atoms with Crippen LogP contribution < -0.4 is 5.73 Å². The van der Waals surface area contributed by atoms with Crippen molar-refractivity contribution >= 4 is 11.8 Å². The van der Waals surface area contributed by atoms with Gasteiger partial charge in [0.1, 0.15) is 5.82 Å². The van der Waals surface area contributed by atoms with Crippen LogP contribution in [-0.2, 0) is 0 Å². The Labute approximate surface area is 100 Å². The summed E-state index contributed by atoms with van der Waals surface area (Å²) in [6.45, 7) is 2.74. The molecule has 0 amide bonds. The molecule has 88 valence electrons. The van der Waals surface area contributed by atoms with Crippen LogP contribution in [0.2, 0.25) is 0 Å². The van der Waals surface area contributed by atoms with Crippen LogP contribution in [0.25, 0.3) is 0 Å². The second-order valence-electron chi connectivity index (χ2n) is 3.95. The molecule has 1 heterocycles. The van der Waals surface area contributed by atoms with Crippen LogP contribution in [0.1, 0.15) is 11.6 Å². The van der Waals surface area contributed by atoms with E-state index in [2.05, 4.69) is 4.90 Å². The first-order chi connectivity index (χ1) is 7.81. The molecule has 0 saturated carbocycles. The summed E-state index contributed by atoms with van der Waals surface area (Å²) >= 11 is 1.98. The number of benzene rings is 1. The second-order valence-corrected chi connectivity index (χ2v) is 5.18. The average molecular weight is 240 g/mol. The number of hydrogen-bond acceptors (Lipinski definition) is 3. The standard InChI is InChI=1S/C12H17FN2S/c13-11-3-1-10(2-4-11)12(9-14)15-5-7-16-8-6-15/h1-4,12H,5-9,14H2. The van der Waals surface area contributed by atoms with Crippen molar-refractivity contribution in [1.29, 1.82) is 0 Å². The van der Waals surface area contributed by atoms with Crippen molar-refractivity contribution in [2.24, 2.45) is 5.73 Å². The van der Waals surface area contributed by atoms with E-state index in [1.165, 1.54) is 12.1 Å². The van der Waals surface area contributed by atoms with Gasteiger partial charge in [0.15, 0.2) is 0 Å². The Kier molecular flexibility index (Phi) is 4.21. The Balaban J connectivity index is 2.11. The van der Waals surface area contributed by atoms with Gasteiger partial charge in [-0.05, 0) is 17.7 Å². The first-order valence-corrected chi connectivity index (χ1v) is 6.74. The number of thioether (sulfide) groups is 1. The van der Waals surface area contributed by atoms with E-state index in [1.54, 1.807) is 0 Å². The lowest BCUT2D eigenvalue weighted by atomic mass is 10.1. The Morgan fingerprint density at radius 3 is 2.44 bits per heavy atom. The van der Waals surface area contributed by atoms with Gasteiger partial charge in [-0.1, -0.05) is 12.1 Å². The van der Waals surface area contributed by atoms with Crippen LogP contribution in [0.4, 0.5) is 4.39 Å². The molecule has 0 aliphatic carbocycles. The molecule has 0 bridgehead atoms. The second kappa shape index (κ2) is 5.66. The average Bonchev–Trinajstić information content (AvgIpc) is 2.34. The lowest BCUT2D eigenvalue weighted by Crippen LogP contribution is -2.39. The number of nitrogens with zero attached hydrogens (tertiary/aromatic N) is 1. The van der Waals surface area contributed by atoms with Crippen LogP contribution >= 0.6 is 11.8 Å². The molecule has 4 heteroatoms. The fourth-order valence-electron chi connectivity index (χ4n) is 2.07. The van der Waals surface area contributed by atoms with Gasteiger partial charge in [-0.2, -0.15) is 11.8 Å². The van der Waals surface area contributed by atoms with Crippen LogP contribution in [0, 0.1) is 5.82 Å². The molecule has 2 N–H and O–H groups in total. The molecule has 1 aliphatic heterocycles. The van der Waals surface area contributed by atoms with Crippen molar-refractivity contribution in [3.8, 4) is 0 Å². The normalized spacial score (nSPS) is 19.6. The molecule has 1 aromatic carbocycles. The molecule has 1 saturated heterocycles. The van der Waals surface area contributed by atoms with Gasteiger partial charge in [-0.15, -0.1) is 0 Å². The third-order valence-electron chi connectivity index (χ3n) is 2.96. The highest BCUT2D eigenvalue weighted by Crippen LogP contribution is 2.23. The van der Waals surface area contributed by atoms with E-state index in [9.17, 15) is 4.39 Å². The predicted molar refractivity (Wildman–Crippen MR) is 67.1 cm³/mol. The first-order valence-electron chi connectivity index (χ1n) is 5.58. The van der Waals surface area contributed by atoms with Crippen molar-refractivity contribution in [2.45, 2.75) is 6.04 Å². The lowest BCUT2D eigenvalue weighted by molar-refractivity contribution is 0.223. The number of nitrogens with two attached hydrogens (primary N) is 1. The van der Waals surface area contributed by atoms with E-state index in [0.717, 1.165) is 30.2 Å². The lowest BCUT2D eigenvalue weighted by Gasteiger charge is -2.33. The van der Waals surface area contributed by atoms with Crippen LogP contribution in [0.15, 0.2) is 24.3 Å². The van der Waals surface area contributed by atoms with E-state index in [-0.39, 0.29) is 11.9 Å². The Hall–Kier alpha value is -0.580. The van der Waals surface area contributed by atoms with E-state index in [1.807, 2.05) is 23.9 Å². The molecule has 1 atom stereocenters. The van der Waals surface area contributed by atoms with Gasteiger partial charge >= 0.3 is 0 Å². The molecular formula is C12H17FN2S. The highest BCUT2D eigenvalue weighted by molar-refractivity contribution is 7.99. The highest BCUT2D eigenvalue weighted by atomic mass is 32.2. The minimum Gasteiger partial charge on any atom is -0.329 e. The summed E-state index contributed by atoms with van der Waals surface area (Å²) < 4.78 is 12.8. The van der Waals surface area contributed by atoms with Crippen molar-refractivity contribution in [3.63, 3.8) is 0 Å². The molecule has 1 aromatic rings. The fraction of sp³-hybridized carbons (Fsp3) is 0.500. The highest BCUT2D eigenvalue weighted by Gasteiger charge is 2.20. The zero-order chi connectivity index (χ0) is 11.4. The van der Waals surface area contributed by atoms with Gasteiger partial charge in [-0.3, -0.25) is 4.90 Å². The molecule has 1 aliphatic rings. The van der Waals surface area contributed by atoms with Gasteiger partial charge < -0.3 is 5.73 Å². The summed E-state index contributed by atoms with van der Waals surface area (Å²) in [6, 6.07) is 6.94. The third-order valence-corrected chi connectivity index (χ3v) is 3.91. The maximum Gasteiger partial charge on any atom is 0.123 e. The molecular weight excluding hydrogens is 223 g/mol. The fourth-order valence-corrected chi connectivity index (χ4v) is 3.00. The van der Waals surface area contributed by atoms with Crippen molar-refractivity contribution in [1.82, 2.24) is 4.90 Å². The van der Waals surface area contributed by atoms with Gasteiger partial charge in [0.25, 0.3) is 0 Å². The van der Waals surface area contributed by atoms with E-state index in [4.69, 9.17) is 5.73 Å². The monoisotopic (exact) mass is 240 g/mol. The molecule has 0 radical (unpaired) electrons. The molecule has 0 aromatic heterocycles. The van der Waals surface area contributed by atoms with E-state index >= 15 is 0 Å². The summed E-state index contributed by atoms with van der Waals surface area (Å²) in [5, 5.41) is 0.